The second-order valence-corrected chi connectivity index (χ2v) is 11.9. The number of nitriles is 1. The number of benzene rings is 2. The van der Waals surface area contributed by atoms with Crippen molar-refractivity contribution in [2.45, 2.75) is 45.9 Å². The monoisotopic (exact) mass is 560 g/mol. The predicted octanol–water partition coefficient (Wildman–Crippen LogP) is 4.71. The van der Waals surface area contributed by atoms with Crippen LogP contribution in [0.3, 0.4) is 0 Å². The van der Waals surface area contributed by atoms with Gasteiger partial charge in [0.05, 0.1) is 36.8 Å². The second-order valence-electron chi connectivity index (χ2n) is 10.1. The molecule has 5 rings (SSSR count). The Morgan fingerprint density at radius 1 is 1.10 bits per heavy atom. The van der Waals surface area contributed by atoms with Crippen LogP contribution in [0.5, 0.6) is 11.6 Å². The molecule has 40 heavy (non-hydrogen) atoms. The van der Waals surface area contributed by atoms with E-state index < -0.39 is 10.0 Å². The molecule has 0 spiro atoms. The summed E-state index contributed by atoms with van der Waals surface area (Å²) in [6, 6.07) is 14.0. The Kier molecular flexibility index (Phi) is 8.02. The largest absolute Gasteiger partial charge is 0.438 e. The van der Waals surface area contributed by atoms with E-state index in [4.69, 9.17) is 19.7 Å². The molecule has 2 N–H and O–H groups in total. The molecule has 1 saturated heterocycles. The van der Waals surface area contributed by atoms with Crippen molar-refractivity contribution < 1.29 is 17.9 Å². The van der Waals surface area contributed by atoms with Gasteiger partial charge in [0.2, 0.25) is 21.9 Å². The van der Waals surface area contributed by atoms with Crippen molar-refractivity contribution in [2.24, 2.45) is 0 Å². The Bertz CT molecular complexity index is 1550. The van der Waals surface area contributed by atoms with Gasteiger partial charge >= 0.3 is 0 Å². The number of aromatic nitrogens is 2. The van der Waals surface area contributed by atoms with Gasteiger partial charge in [-0.25, -0.2) is 18.1 Å². The molecule has 3 heterocycles. The summed E-state index contributed by atoms with van der Waals surface area (Å²) in [5, 5.41) is 12.1. The number of piperidine rings is 1. The minimum Gasteiger partial charge on any atom is -0.438 e. The third-order valence-corrected chi connectivity index (χ3v) is 7.70. The van der Waals surface area contributed by atoms with Gasteiger partial charge in [0.25, 0.3) is 0 Å². The van der Waals surface area contributed by atoms with E-state index in [1.165, 1.54) is 12.3 Å². The molecule has 2 aliphatic rings. The van der Waals surface area contributed by atoms with Gasteiger partial charge in [0, 0.05) is 36.6 Å². The van der Waals surface area contributed by atoms with Crippen LogP contribution in [0.15, 0.2) is 42.5 Å². The quantitative estimate of drug-likeness (QED) is 0.376. The molecule has 2 aliphatic heterocycles. The molecule has 0 bridgehead atoms. The molecule has 208 valence electrons. The third kappa shape index (κ3) is 6.59. The van der Waals surface area contributed by atoms with Crippen molar-refractivity contribution >= 4 is 33.4 Å². The third-order valence-electron chi connectivity index (χ3n) is 6.94. The Balaban J connectivity index is 1.30. The Hall–Kier alpha value is -3.98. The van der Waals surface area contributed by atoms with E-state index in [2.05, 4.69) is 19.9 Å². The minimum atomic E-state index is -3.19. The minimum absolute atomic E-state index is 0.0181. The topological polar surface area (TPSA) is 129 Å². The highest BCUT2D eigenvalue weighted by atomic mass is 32.2. The van der Waals surface area contributed by atoms with E-state index >= 15 is 0 Å². The molecular formula is C29H32N6O4S. The molecule has 0 radical (unpaired) electrons. The van der Waals surface area contributed by atoms with Gasteiger partial charge in [-0.1, -0.05) is 0 Å². The summed E-state index contributed by atoms with van der Waals surface area (Å²) in [7, 11) is -3.19. The first-order valence-electron chi connectivity index (χ1n) is 13.1. The maximum Gasteiger partial charge on any atom is 0.230 e. The van der Waals surface area contributed by atoms with Crippen LogP contribution >= 0.6 is 0 Å². The summed E-state index contributed by atoms with van der Waals surface area (Å²) >= 11 is 0. The van der Waals surface area contributed by atoms with E-state index in [1.807, 2.05) is 56.3 Å². The van der Waals surface area contributed by atoms with Crippen LogP contribution in [0, 0.1) is 25.2 Å². The summed E-state index contributed by atoms with van der Waals surface area (Å²) < 4.78 is 37.7. The summed E-state index contributed by atoms with van der Waals surface area (Å²) in [5.41, 5.74) is 6.34. The van der Waals surface area contributed by atoms with Crippen molar-refractivity contribution in [1.82, 2.24) is 14.7 Å². The predicted molar refractivity (Wildman–Crippen MR) is 154 cm³/mol. The number of hydrogen-bond acceptors (Lipinski definition) is 9. The fourth-order valence-electron chi connectivity index (χ4n) is 5.08. The second kappa shape index (κ2) is 11.6. The van der Waals surface area contributed by atoms with Crippen molar-refractivity contribution in [2.75, 3.05) is 29.6 Å². The van der Waals surface area contributed by atoms with Gasteiger partial charge in [0.15, 0.2) is 0 Å². The van der Waals surface area contributed by atoms with Crippen LogP contribution in [-0.4, -0.2) is 43.8 Å². The molecule has 1 aromatic heterocycles. The van der Waals surface area contributed by atoms with Crippen LogP contribution in [0.1, 0.15) is 40.8 Å². The van der Waals surface area contributed by atoms with Gasteiger partial charge < -0.3 is 19.7 Å². The zero-order chi connectivity index (χ0) is 28.3. The maximum atomic E-state index is 11.5. The average Bonchev–Trinajstić information content (AvgIpc) is 3.38. The van der Waals surface area contributed by atoms with E-state index in [9.17, 15) is 8.42 Å². The fourth-order valence-corrected chi connectivity index (χ4v) is 5.92. The number of sulfonamides is 1. The number of allylic oxidation sites excluding steroid dienone is 1. The van der Waals surface area contributed by atoms with Crippen LogP contribution in [0.4, 0.5) is 17.3 Å². The van der Waals surface area contributed by atoms with Crippen molar-refractivity contribution in [3.05, 3.63) is 70.4 Å². The van der Waals surface area contributed by atoms with Gasteiger partial charge in [-0.2, -0.15) is 10.2 Å². The summed E-state index contributed by atoms with van der Waals surface area (Å²) in [6.07, 6.45) is 5.95. The van der Waals surface area contributed by atoms with Crippen molar-refractivity contribution in [3.63, 3.8) is 0 Å². The van der Waals surface area contributed by atoms with Crippen molar-refractivity contribution in [3.8, 4) is 17.7 Å². The molecule has 3 aromatic rings. The molecule has 10 nitrogen and oxygen atoms in total. The lowest BCUT2D eigenvalue weighted by Crippen LogP contribution is -2.44. The van der Waals surface area contributed by atoms with Crippen LogP contribution < -0.4 is 19.7 Å². The number of rotatable bonds is 8. The van der Waals surface area contributed by atoms with Gasteiger partial charge in [-0.3, -0.25) is 0 Å². The average molecular weight is 561 g/mol. The van der Waals surface area contributed by atoms with Crippen LogP contribution in [-0.2, 0) is 28.0 Å². The van der Waals surface area contributed by atoms with E-state index in [0.29, 0.717) is 30.8 Å². The summed E-state index contributed by atoms with van der Waals surface area (Å²) in [4.78, 5) is 11.6. The molecule has 1 fully saturated rings. The standard InChI is InChI=1S/C29H32N6O4S/c1-19-15-21(5-4-12-30)16-20(2)27(19)39-28-25-17-38-18-26(25)32-29(33-28)31-22-6-8-24(9-7-22)35-13-10-23(11-14-35)34-40(3,36)37/h4-9,15-16,23,34H,10-11,13-14,17-18H2,1-3H3,(H,31,32,33)/b5-4+. The molecule has 2 aromatic carbocycles. The normalized spacial score (nSPS) is 15.7. The van der Waals surface area contributed by atoms with E-state index in [-0.39, 0.29) is 6.04 Å². The Morgan fingerprint density at radius 2 is 1.80 bits per heavy atom. The number of aryl methyl sites for hydroxylation is 2. The lowest BCUT2D eigenvalue weighted by Gasteiger charge is -2.33. The molecule has 0 atom stereocenters. The molecule has 0 amide bonds. The SMILES string of the molecule is Cc1cc(/C=C/C#N)cc(C)c1Oc1nc(Nc2ccc(N3CCC(NS(C)(=O)=O)CC3)cc2)nc2c1COC2. The number of ether oxygens (including phenoxy) is 2. The first kappa shape index (κ1) is 27.6. The molecular weight excluding hydrogens is 528 g/mol. The number of nitrogens with one attached hydrogen (secondary N) is 2. The highest BCUT2D eigenvalue weighted by Gasteiger charge is 2.24. The fraction of sp³-hybridized carbons (Fsp3) is 0.345. The summed E-state index contributed by atoms with van der Waals surface area (Å²) in [5.74, 6) is 1.59. The molecule has 0 saturated carbocycles. The molecule has 0 aliphatic carbocycles. The number of nitrogens with zero attached hydrogens (tertiary/aromatic N) is 4. The first-order valence-corrected chi connectivity index (χ1v) is 15.0. The zero-order valence-corrected chi connectivity index (χ0v) is 23.6. The maximum absolute atomic E-state index is 11.5. The van der Waals surface area contributed by atoms with E-state index in [0.717, 1.165) is 65.3 Å². The van der Waals surface area contributed by atoms with Gasteiger partial charge in [0.1, 0.15) is 5.75 Å². The first-order chi connectivity index (χ1) is 19.2. The number of anilines is 3. The van der Waals surface area contributed by atoms with Crippen molar-refractivity contribution in [1.29, 1.82) is 5.26 Å². The lowest BCUT2D eigenvalue weighted by molar-refractivity contribution is 0.132. The smallest absolute Gasteiger partial charge is 0.230 e. The number of fused-ring (bicyclic) bond motifs is 1. The highest BCUT2D eigenvalue weighted by Crippen LogP contribution is 2.35. The Morgan fingerprint density at radius 3 is 2.45 bits per heavy atom. The van der Waals surface area contributed by atoms with Crippen LogP contribution in [0.2, 0.25) is 0 Å². The Labute approximate surface area is 234 Å². The molecule has 0 unspecified atom stereocenters. The number of hydrogen-bond donors (Lipinski definition) is 2. The zero-order valence-electron chi connectivity index (χ0n) is 22.8. The van der Waals surface area contributed by atoms with E-state index in [1.54, 1.807) is 6.08 Å². The van der Waals surface area contributed by atoms with Crippen LogP contribution in [0.25, 0.3) is 6.08 Å². The van der Waals surface area contributed by atoms with Gasteiger partial charge in [-0.05, 0) is 85.9 Å². The highest BCUT2D eigenvalue weighted by molar-refractivity contribution is 7.88. The van der Waals surface area contributed by atoms with Gasteiger partial charge in [-0.15, -0.1) is 0 Å². The lowest BCUT2D eigenvalue weighted by atomic mass is 10.1. The molecule has 11 heteroatoms. The summed E-state index contributed by atoms with van der Waals surface area (Å²) in [6.45, 7) is 6.27.